The predicted octanol–water partition coefficient (Wildman–Crippen LogP) is 3.30. The van der Waals surface area contributed by atoms with E-state index < -0.39 is 0 Å². The Morgan fingerprint density at radius 3 is 2.33 bits per heavy atom. The van der Waals surface area contributed by atoms with Crippen LogP contribution >= 0.6 is 0 Å². The monoisotopic (exact) mass is 246 g/mol. The average molecular weight is 246 g/mol. The standard InChI is InChI=1S/C15H22N2O/c1-12(2)15(18)13-7-8-14(16-11-13)17-9-5-3-4-6-10-17/h7-8,11-12H,3-6,9-10H2,1-2H3. The van der Waals surface area contributed by atoms with Gasteiger partial charge in [-0.1, -0.05) is 26.7 Å². The second-order valence-corrected chi connectivity index (χ2v) is 5.33. The van der Waals surface area contributed by atoms with Gasteiger partial charge in [-0.3, -0.25) is 4.79 Å². The van der Waals surface area contributed by atoms with E-state index in [1.54, 1.807) is 6.20 Å². The first-order chi connectivity index (χ1) is 8.68. The number of ketones is 1. The molecule has 1 aliphatic rings. The molecule has 0 aliphatic carbocycles. The lowest BCUT2D eigenvalue weighted by atomic mass is 10.0. The molecule has 2 rings (SSSR count). The minimum absolute atomic E-state index is 0.0378. The summed E-state index contributed by atoms with van der Waals surface area (Å²) in [5.41, 5.74) is 0.726. The molecule has 2 heterocycles. The molecule has 0 amide bonds. The predicted molar refractivity (Wildman–Crippen MR) is 74.1 cm³/mol. The van der Waals surface area contributed by atoms with Gasteiger partial charge < -0.3 is 4.90 Å². The second kappa shape index (κ2) is 5.98. The van der Waals surface area contributed by atoms with Crippen LogP contribution in [0.2, 0.25) is 0 Å². The van der Waals surface area contributed by atoms with Crippen LogP contribution in [0.5, 0.6) is 0 Å². The normalized spacial score (nSPS) is 16.7. The number of anilines is 1. The number of hydrogen-bond donors (Lipinski definition) is 0. The maximum Gasteiger partial charge on any atom is 0.166 e. The van der Waals surface area contributed by atoms with Gasteiger partial charge in [-0.25, -0.2) is 4.98 Å². The van der Waals surface area contributed by atoms with E-state index in [1.807, 2.05) is 26.0 Å². The summed E-state index contributed by atoms with van der Waals surface area (Å²) in [5.74, 6) is 1.22. The zero-order valence-corrected chi connectivity index (χ0v) is 11.4. The third-order valence-electron chi connectivity index (χ3n) is 3.49. The smallest absolute Gasteiger partial charge is 0.166 e. The van der Waals surface area contributed by atoms with Crippen LogP contribution in [0.4, 0.5) is 5.82 Å². The van der Waals surface area contributed by atoms with Crippen LogP contribution in [0.3, 0.4) is 0 Å². The number of Topliss-reactive ketones (excluding diaryl/α,β-unsaturated/α-hetero) is 1. The summed E-state index contributed by atoms with van der Waals surface area (Å²) in [7, 11) is 0. The molecular weight excluding hydrogens is 224 g/mol. The Labute approximate surface area is 109 Å². The van der Waals surface area contributed by atoms with Crippen LogP contribution in [0, 0.1) is 5.92 Å². The number of aromatic nitrogens is 1. The quantitative estimate of drug-likeness (QED) is 0.767. The van der Waals surface area contributed by atoms with Crippen molar-refractivity contribution in [3.63, 3.8) is 0 Å². The Morgan fingerprint density at radius 2 is 1.83 bits per heavy atom. The number of hydrogen-bond acceptors (Lipinski definition) is 3. The molecule has 0 radical (unpaired) electrons. The molecule has 1 fully saturated rings. The number of pyridine rings is 1. The molecule has 0 atom stereocenters. The molecule has 1 saturated heterocycles. The molecule has 18 heavy (non-hydrogen) atoms. The molecule has 3 heteroatoms. The van der Waals surface area contributed by atoms with Gasteiger partial charge in [-0.05, 0) is 25.0 Å². The van der Waals surface area contributed by atoms with E-state index in [9.17, 15) is 4.79 Å². The first kappa shape index (κ1) is 13.1. The Kier molecular flexibility index (Phi) is 4.34. The van der Waals surface area contributed by atoms with Crippen molar-refractivity contribution in [1.29, 1.82) is 0 Å². The van der Waals surface area contributed by atoms with Crippen molar-refractivity contribution in [2.45, 2.75) is 39.5 Å². The molecule has 3 nitrogen and oxygen atoms in total. The van der Waals surface area contributed by atoms with Gasteiger partial charge in [0.1, 0.15) is 5.82 Å². The minimum atomic E-state index is 0.0378. The van der Waals surface area contributed by atoms with Gasteiger partial charge >= 0.3 is 0 Å². The lowest BCUT2D eigenvalue weighted by Gasteiger charge is -2.21. The largest absolute Gasteiger partial charge is 0.357 e. The average Bonchev–Trinajstić information content (AvgIpc) is 2.67. The summed E-state index contributed by atoms with van der Waals surface area (Å²) in [6, 6.07) is 3.90. The molecule has 0 unspecified atom stereocenters. The zero-order chi connectivity index (χ0) is 13.0. The van der Waals surface area contributed by atoms with Crippen LogP contribution < -0.4 is 4.90 Å². The van der Waals surface area contributed by atoms with Gasteiger partial charge in [0, 0.05) is 30.8 Å². The van der Waals surface area contributed by atoms with Crippen LogP contribution in [-0.2, 0) is 0 Å². The van der Waals surface area contributed by atoms with Crippen molar-refractivity contribution >= 4 is 11.6 Å². The van der Waals surface area contributed by atoms with Gasteiger partial charge in [0.15, 0.2) is 5.78 Å². The van der Waals surface area contributed by atoms with Crippen molar-refractivity contribution < 1.29 is 4.79 Å². The van der Waals surface area contributed by atoms with E-state index in [2.05, 4.69) is 9.88 Å². The van der Waals surface area contributed by atoms with Crippen molar-refractivity contribution in [1.82, 2.24) is 4.98 Å². The maximum absolute atomic E-state index is 11.8. The van der Waals surface area contributed by atoms with Crippen molar-refractivity contribution in [2.24, 2.45) is 5.92 Å². The highest BCUT2D eigenvalue weighted by Gasteiger charge is 2.13. The first-order valence-corrected chi connectivity index (χ1v) is 6.93. The van der Waals surface area contributed by atoms with E-state index in [0.29, 0.717) is 0 Å². The lowest BCUT2D eigenvalue weighted by molar-refractivity contribution is 0.0939. The molecule has 0 aromatic carbocycles. The topological polar surface area (TPSA) is 33.2 Å². The summed E-state index contributed by atoms with van der Waals surface area (Å²) in [5, 5.41) is 0. The highest BCUT2D eigenvalue weighted by molar-refractivity contribution is 5.97. The fraction of sp³-hybridized carbons (Fsp3) is 0.600. The molecule has 0 bridgehead atoms. The van der Waals surface area contributed by atoms with Crippen LogP contribution in [-0.4, -0.2) is 23.9 Å². The van der Waals surface area contributed by atoms with Gasteiger partial charge in [0.05, 0.1) is 0 Å². The van der Waals surface area contributed by atoms with Crippen LogP contribution in [0.1, 0.15) is 49.9 Å². The Balaban J connectivity index is 2.09. The minimum Gasteiger partial charge on any atom is -0.357 e. The summed E-state index contributed by atoms with van der Waals surface area (Å²) >= 11 is 0. The number of carbonyl (C=O) groups is 1. The van der Waals surface area contributed by atoms with E-state index in [0.717, 1.165) is 24.5 Å². The molecule has 1 aliphatic heterocycles. The molecule has 1 aromatic heterocycles. The Hall–Kier alpha value is -1.38. The maximum atomic E-state index is 11.8. The summed E-state index contributed by atoms with van der Waals surface area (Å²) in [6.07, 6.45) is 6.85. The Morgan fingerprint density at radius 1 is 1.17 bits per heavy atom. The zero-order valence-electron chi connectivity index (χ0n) is 11.4. The van der Waals surface area contributed by atoms with Crippen molar-refractivity contribution in [3.8, 4) is 0 Å². The number of nitrogens with zero attached hydrogens (tertiary/aromatic N) is 2. The Bertz CT molecular complexity index is 389. The van der Waals surface area contributed by atoms with Gasteiger partial charge in [0.25, 0.3) is 0 Å². The van der Waals surface area contributed by atoms with E-state index in [4.69, 9.17) is 0 Å². The molecular formula is C15H22N2O. The van der Waals surface area contributed by atoms with E-state index in [1.165, 1.54) is 25.7 Å². The third-order valence-corrected chi connectivity index (χ3v) is 3.49. The van der Waals surface area contributed by atoms with E-state index in [-0.39, 0.29) is 11.7 Å². The molecule has 98 valence electrons. The summed E-state index contributed by atoms with van der Waals surface area (Å²) in [4.78, 5) is 18.6. The summed E-state index contributed by atoms with van der Waals surface area (Å²) < 4.78 is 0. The highest BCUT2D eigenvalue weighted by Crippen LogP contribution is 2.18. The van der Waals surface area contributed by atoms with Crippen molar-refractivity contribution in [2.75, 3.05) is 18.0 Å². The lowest BCUT2D eigenvalue weighted by Crippen LogP contribution is -2.24. The molecule has 0 N–H and O–H groups in total. The number of rotatable bonds is 3. The van der Waals surface area contributed by atoms with Crippen LogP contribution in [0.25, 0.3) is 0 Å². The molecule has 0 saturated carbocycles. The van der Waals surface area contributed by atoms with Gasteiger partial charge in [-0.2, -0.15) is 0 Å². The summed E-state index contributed by atoms with van der Waals surface area (Å²) in [6.45, 7) is 6.02. The van der Waals surface area contributed by atoms with Gasteiger partial charge in [-0.15, -0.1) is 0 Å². The van der Waals surface area contributed by atoms with E-state index >= 15 is 0 Å². The fourth-order valence-electron chi connectivity index (χ4n) is 2.35. The van der Waals surface area contributed by atoms with Crippen LogP contribution in [0.15, 0.2) is 18.3 Å². The highest BCUT2D eigenvalue weighted by atomic mass is 16.1. The molecule has 1 aromatic rings. The van der Waals surface area contributed by atoms with Gasteiger partial charge in [0.2, 0.25) is 0 Å². The fourth-order valence-corrected chi connectivity index (χ4v) is 2.35. The first-order valence-electron chi connectivity index (χ1n) is 6.93. The third kappa shape index (κ3) is 3.09. The molecule has 0 spiro atoms. The van der Waals surface area contributed by atoms with Crippen molar-refractivity contribution in [3.05, 3.63) is 23.9 Å². The SMILES string of the molecule is CC(C)C(=O)c1ccc(N2CCCCCC2)nc1. The number of carbonyl (C=O) groups excluding carboxylic acids is 1. The second-order valence-electron chi connectivity index (χ2n) is 5.33.